The number of fused-ring (bicyclic) bond motifs is 1. The molecular weight excluding hydrogens is 483 g/mol. The Balaban J connectivity index is 1.16. The van der Waals surface area contributed by atoms with Gasteiger partial charge in [0, 0.05) is 60.4 Å². The van der Waals surface area contributed by atoms with Crippen molar-refractivity contribution in [3.63, 3.8) is 0 Å². The van der Waals surface area contributed by atoms with Gasteiger partial charge < -0.3 is 15.2 Å². The van der Waals surface area contributed by atoms with Crippen LogP contribution in [0.2, 0.25) is 0 Å². The van der Waals surface area contributed by atoms with Gasteiger partial charge in [-0.15, -0.1) is 0 Å². The zero-order valence-corrected chi connectivity index (χ0v) is 19.6. The molecule has 0 radical (unpaired) electrons. The van der Waals surface area contributed by atoms with Crippen LogP contribution in [0.5, 0.6) is 0 Å². The third-order valence-corrected chi connectivity index (χ3v) is 6.87. The van der Waals surface area contributed by atoms with Crippen LogP contribution < -0.4 is 16.2 Å². The summed E-state index contributed by atoms with van der Waals surface area (Å²) >= 11 is 0. The van der Waals surface area contributed by atoms with Gasteiger partial charge in [0.15, 0.2) is 5.82 Å². The predicted molar refractivity (Wildman–Crippen MR) is 133 cm³/mol. The van der Waals surface area contributed by atoms with Gasteiger partial charge in [-0.2, -0.15) is 13.2 Å². The Morgan fingerprint density at radius 3 is 2.49 bits per heavy atom. The molecule has 0 spiro atoms. The number of anilines is 2. The minimum Gasteiger partial charge on any atom is -0.351 e. The van der Waals surface area contributed by atoms with Crippen molar-refractivity contribution in [2.45, 2.75) is 12.1 Å². The summed E-state index contributed by atoms with van der Waals surface area (Å²) in [5.74, 6) is -0.301. The number of nitrogens with zero attached hydrogens (tertiary/aromatic N) is 3. The smallest absolute Gasteiger partial charge is 0.351 e. The molecule has 190 valence electrons. The normalized spacial score (nSPS) is 16.8. The van der Waals surface area contributed by atoms with E-state index in [4.69, 9.17) is 0 Å². The molecule has 2 aliphatic rings. The summed E-state index contributed by atoms with van der Waals surface area (Å²) in [5, 5.41) is 4.09. The number of aromatic amines is 1. The van der Waals surface area contributed by atoms with E-state index in [0.717, 1.165) is 29.7 Å². The molecule has 37 heavy (non-hydrogen) atoms. The van der Waals surface area contributed by atoms with E-state index < -0.39 is 18.0 Å². The van der Waals surface area contributed by atoms with E-state index in [1.165, 1.54) is 10.5 Å². The lowest BCUT2D eigenvalue weighted by Gasteiger charge is -2.39. The number of hydrogen-bond donors (Lipinski definition) is 4. The Hall–Kier alpha value is -3.96. The van der Waals surface area contributed by atoms with E-state index in [0.29, 0.717) is 23.1 Å². The van der Waals surface area contributed by atoms with Gasteiger partial charge in [-0.05, 0) is 35.9 Å². The molecule has 2 fully saturated rings. The minimum absolute atomic E-state index is 0.261. The van der Waals surface area contributed by atoms with Gasteiger partial charge in [-0.1, -0.05) is 24.3 Å². The van der Waals surface area contributed by atoms with Crippen LogP contribution in [-0.4, -0.2) is 58.1 Å². The average Bonchev–Trinajstić information content (AvgIpc) is 3.53. The molecule has 4 heterocycles. The Morgan fingerprint density at radius 1 is 1.00 bits per heavy atom. The number of carbonyl (C=O) groups is 1. The Labute approximate surface area is 210 Å². The standard InChI is InChI=1S/C26H24F3N7O/c27-26(28,29)19-13-36(14-19)25(37)22-9-16-1-2-17(10-21(16)34-22)24-30-8-7-23(35-24)33-20-5-3-15(4-6-20)18-11-31-32-12-18/h1-10,18-19,31-32,34H,11-14H2,(H,30,33,35). The molecule has 11 heteroatoms. The maximum atomic E-state index is 12.8. The second-order valence-corrected chi connectivity index (χ2v) is 9.40. The van der Waals surface area contributed by atoms with Crippen LogP contribution in [0.25, 0.3) is 22.3 Å². The van der Waals surface area contributed by atoms with Crippen LogP contribution >= 0.6 is 0 Å². The molecule has 0 unspecified atom stereocenters. The number of H-pyrrole nitrogens is 1. The molecule has 2 aromatic carbocycles. The lowest BCUT2D eigenvalue weighted by Crippen LogP contribution is -2.55. The first-order valence-electron chi connectivity index (χ1n) is 12.0. The largest absolute Gasteiger partial charge is 0.395 e. The van der Waals surface area contributed by atoms with Crippen molar-refractivity contribution in [3.8, 4) is 11.4 Å². The Bertz CT molecular complexity index is 1440. The van der Waals surface area contributed by atoms with Crippen LogP contribution in [0.4, 0.5) is 24.7 Å². The predicted octanol–water partition coefficient (Wildman–Crippen LogP) is 4.19. The number of carbonyl (C=O) groups excluding carboxylic acids is 1. The number of hydrazine groups is 1. The van der Waals surface area contributed by atoms with E-state index in [1.54, 1.807) is 18.3 Å². The number of nitrogens with one attached hydrogen (secondary N) is 4. The highest BCUT2D eigenvalue weighted by atomic mass is 19.4. The zero-order chi connectivity index (χ0) is 25.6. The monoisotopic (exact) mass is 507 g/mol. The zero-order valence-electron chi connectivity index (χ0n) is 19.6. The van der Waals surface area contributed by atoms with Crippen LogP contribution in [-0.2, 0) is 0 Å². The second-order valence-electron chi connectivity index (χ2n) is 9.40. The molecule has 0 saturated carbocycles. The molecule has 1 amide bonds. The molecule has 0 atom stereocenters. The van der Waals surface area contributed by atoms with E-state index in [-0.39, 0.29) is 18.8 Å². The maximum Gasteiger partial charge on any atom is 0.395 e. The third kappa shape index (κ3) is 4.75. The van der Waals surface area contributed by atoms with Crippen molar-refractivity contribution >= 4 is 28.3 Å². The molecule has 6 rings (SSSR count). The Morgan fingerprint density at radius 2 is 1.76 bits per heavy atom. The first-order chi connectivity index (χ1) is 17.8. The molecule has 2 aliphatic heterocycles. The number of rotatable bonds is 5. The molecule has 0 aliphatic carbocycles. The lowest BCUT2D eigenvalue weighted by atomic mass is 9.99. The summed E-state index contributed by atoms with van der Waals surface area (Å²) in [6.07, 6.45) is -2.60. The number of likely N-dealkylation sites (tertiary alicyclic amines) is 1. The fraction of sp³-hybridized carbons (Fsp3) is 0.269. The number of halogens is 3. The molecule has 2 saturated heterocycles. The SMILES string of the molecule is O=C(c1cc2ccc(-c3nccc(Nc4ccc(C5CNNC5)cc4)n3)cc2[nH]1)N1CC(C(F)(F)F)C1. The minimum atomic E-state index is -4.27. The number of amides is 1. The second kappa shape index (κ2) is 9.16. The highest BCUT2D eigenvalue weighted by Crippen LogP contribution is 2.34. The lowest BCUT2D eigenvalue weighted by molar-refractivity contribution is -0.202. The van der Waals surface area contributed by atoms with Crippen molar-refractivity contribution in [2.24, 2.45) is 5.92 Å². The first kappa shape index (κ1) is 23.4. The van der Waals surface area contributed by atoms with Crippen molar-refractivity contribution in [3.05, 3.63) is 72.1 Å². The molecule has 2 aromatic heterocycles. The third-order valence-electron chi connectivity index (χ3n) is 6.87. The van der Waals surface area contributed by atoms with Crippen LogP contribution in [0.15, 0.2) is 60.8 Å². The number of benzene rings is 2. The summed E-state index contributed by atoms with van der Waals surface area (Å²) < 4.78 is 38.3. The summed E-state index contributed by atoms with van der Waals surface area (Å²) in [5.41, 5.74) is 10.1. The van der Waals surface area contributed by atoms with E-state index >= 15 is 0 Å². The van der Waals surface area contributed by atoms with Crippen molar-refractivity contribution in [2.75, 3.05) is 31.5 Å². The number of hydrogen-bond acceptors (Lipinski definition) is 6. The van der Waals surface area contributed by atoms with Crippen LogP contribution in [0.1, 0.15) is 22.0 Å². The Kier molecular flexibility index (Phi) is 5.81. The van der Waals surface area contributed by atoms with Gasteiger partial charge in [0.1, 0.15) is 11.5 Å². The van der Waals surface area contributed by atoms with E-state index in [9.17, 15) is 18.0 Å². The van der Waals surface area contributed by atoms with Gasteiger partial charge in [-0.3, -0.25) is 15.6 Å². The van der Waals surface area contributed by atoms with Crippen LogP contribution in [0, 0.1) is 5.92 Å². The molecular formula is C26H24F3N7O. The van der Waals surface area contributed by atoms with E-state index in [2.05, 4.69) is 43.3 Å². The molecule has 0 bridgehead atoms. The van der Waals surface area contributed by atoms with Crippen molar-refractivity contribution < 1.29 is 18.0 Å². The summed E-state index contributed by atoms with van der Waals surface area (Å²) in [7, 11) is 0. The highest BCUT2D eigenvalue weighted by molar-refractivity contribution is 5.99. The summed E-state index contributed by atoms with van der Waals surface area (Å²) in [6.45, 7) is 1.18. The topological polar surface area (TPSA) is 98.0 Å². The number of aromatic nitrogens is 3. The van der Waals surface area contributed by atoms with Gasteiger partial charge in [-0.25, -0.2) is 9.97 Å². The molecule has 8 nitrogen and oxygen atoms in total. The van der Waals surface area contributed by atoms with Crippen molar-refractivity contribution in [1.29, 1.82) is 0 Å². The van der Waals surface area contributed by atoms with Gasteiger partial charge in [0.25, 0.3) is 5.91 Å². The van der Waals surface area contributed by atoms with Crippen molar-refractivity contribution in [1.82, 2.24) is 30.7 Å². The fourth-order valence-corrected chi connectivity index (χ4v) is 4.66. The average molecular weight is 508 g/mol. The molecule has 4 N–H and O–H groups in total. The highest BCUT2D eigenvalue weighted by Gasteiger charge is 2.48. The van der Waals surface area contributed by atoms with Gasteiger partial charge in [0.05, 0.1) is 5.92 Å². The number of alkyl halides is 3. The fourth-order valence-electron chi connectivity index (χ4n) is 4.66. The van der Waals surface area contributed by atoms with Gasteiger partial charge >= 0.3 is 6.18 Å². The quantitative estimate of drug-likeness (QED) is 0.323. The maximum absolute atomic E-state index is 12.8. The van der Waals surface area contributed by atoms with Crippen LogP contribution in [0.3, 0.4) is 0 Å². The molecule has 4 aromatic rings. The van der Waals surface area contributed by atoms with E-state index in [1.807, 2.05) is 30.3 Å². The first-order valence-corrected chi connectivity index (χ1v) is 12.0. The van der Waals surface area contributed by atoms with Gasteiger partial charge in [0.2, 0.25) is 0 Å². The summed E-state index contributed by atoms with van der Waals surface area (Å²) in [4.78, 5) is 25.9. The summed E-state index contributed by atoms with van der Waals surface area (Å²) in [6, 6.07) is 17.2.